The number of halogens is 1. The summed E-state index contributed by atoms with van der Waals surface area (Å²) in [6, 6.07) is 4.83. The summed E-state index contributed by atoms with van der Waals surface area (Å²) in [5.41, 5.74) is 13.1. The summed E-state index contributed by atoms with van der Waals surface area (Å²) in [4.78, 5) is 11.5. The van der Waals surface area contributed by atoms with Crippen LogP contribution in [0.3, 0.4) is 0 Å². The molecule has 1 amide bonds. The number of hydrogen-bond donors (Lipinski definition) is 2. The number of rotatable bonds is 5. The SMILES string of the molecule is Cn1ncc(Cl)c1-c1cc(C(N)=O)ccc1OC[C@H](N)C(C)(C)C. The maximum atomic E-state index is 11.5. The standard InChI is InChI=1S/C17H23ClN4O2/c1-17(2,3)14(19)9-24-13-6-5-10(16(20)23)7-11(13)15-12(18)8-21-22(15)4/h5-8,14H,9,19H2,1-4H3,(H2,20,23)/t14-/m0/s1. The highest BCUT2D eigenvalue weighted by Crippen LogP contribution is 2.35. The largest absolute Gasteiger partial charge is 0.491 e. The average molecular weight is 351 g/mol. The minimum Gasteiger partial charge on any atom is -0.491 e. The summed E-state index contributed by atoms with van der Waals surface area (Å²) in [5.74, 6) is 0.0534. The van der Waals surface area contributed by atoms with Crippen molar-refractivity contribution in [1.82, 2.24) is 9.78 Å². The van der Waals surface area contributed by atoms with Gasteiger partial charge in [0.25, 0.3) is 0 Å². The summed E-state index contributed by atoms with van der Waals surface area (Å²) >= 11 is 6.24. The predicted molar refractivity (Wildman–Crippen MR) is 95.1 cm³/mol. The molecule has 0 aliphatic carbocycles. The second-order valence-corrected chi connectivity index (χ2v) is 7.23. The zero-order valence-corrected chi connectivity index (χ0v) is 15.1. The van der Waals surface area contributed by atoms with Gasteiger partial charge < -0.3 is 16.2 Å². The molecule has 7 heteroatoms. The number of amides is 1. The Morgan fingerprint density at radius 2 is 2.08 bits per heavy atom. The number of aromatic nitrogens is 2. The van der Waals surface area contributed by atoms with E-state index in [0.29, 0.717) is 34.2 Å². The maximum absolute atomic E-state index is 11.5. The van der Waals surface area contributed by atoms with Gasteiger partial charge in [-0.05, 0) is 23.6 Å². The van der Waals surface area contributed by atoms with Crippen molar-refractivity contribution >= 4 is 17.5 Å². The first-order valence-corrected chi connectivity index (χ1v) is 7.99. The molecule has 6 nitrogen and oxygen atoms in total. The highest BCUT2D eigenvalue weighted by molar-refractivity contribution is 6.33. The van der Waals surface area contributed by atoms with E-state index in [-0.39, 0.29) is 11.5 Å². The molecule has 130 valence electrons. The van der Waals surface area contributed by atoms with E-state index >= 15 is 0 Å². The quantitative estimate of drug-likeness (QED) is 0.866. The third-order valence-corrected chi connectivity index (χ3v) is 4.22. The van der Waals surface area contributed by atoms with E-state index < -0.39 is 5.91 Å². The second-order valence-electron chi connectivity index (χ2n) is 6.82. The minimum absolute atomic E-state index is 0.0858. The fourth-order valence-electron chi connectivity index (χ4n) is 2.14. The van der Waals surface area contributed by atoms with Crippen molar-refractivity contribution in [3.05, 3.63) is 35.0 Å². The Morgan fingerprint density at radius 1 is 1.42 bits per heavy atom. The van der Waals surface area contributed by atoms with Crippen molar-refractivity contribution in [3.8, 4) is 17.0 Å². The maximum Gasteiger partial charge on any atom is 0.248 e. The van der Waals surface area contributed by atoms with Gasteiger partial charge in [-0.2, -0.15) is 5.10 Å². The Balaban J connectivity index is 2.43. The molecule has 0 saturated carbocycles. The van der Waals surface area contributed by atoms with Crippen LogP contribution in [0, 0.1) is 5.41 Å². The molecule has 0 aliphatic heterocycles. The molecular weight excluding hydrogens is 328 g/mol. The smallest absolute Gasteiger partial charge is 0.248 e. The van der Waals surface area contributed by atoms with E-state index in [0.717, 1.165) is 0 Å². The van der Waals surface area contributed by atoms with Gasteiger partial charge in [0.1, 0.15) is 12.4 Å². The molecule has 0 spiro atoms. The van der Waals surface area contributed by atoms with Crippen LogP contribution in [0.4, 0.5) is 0 Å². The van der Waals surface area contributed by atoms with Crippen molar-refractivity contribution in [3.63, 3.8) is 0 Å². The van der Waals surface area contributed by atoms with E-state index in [4.69, 9.17) is 27.8 Å². The number of nitrogens with two attached hydrogens (primary N) is 2. The van der Waals surface area contributed by atoms with E-state index in [2.05, 4.69) is 25.9 Å². The number of hydrogen-bond acceptors (Lipinski definition) is 4. The molecule has 1 heterocycles. The van der Waals surface area contributed by atoms with Gasteiger partial charge in [0.15, 0.2) is 0 Å². The van der Waals surface area contributed by atoms with Crippen LogP contribution in [0.2, 0.25) is 5.02 Å². The Labute approximate surface area is 146 Å². The van der Waals surface area contributed by atoms with E-state index in [1.165, 1.54) is 0 Å². The average Bonchev–Trinajstić information content (AvgIpc) is 2.82. The van der Waals surface area contributed by atoms with Crippen molar-refractivity contribution in [2.24, 2.45) is 23.9 Å². The lowest BCUT2D eigenvalue weighted by Crippen LogP contribution is -2.40. The van der Waals surface area contributed by atoms with Gasteiger partial charge in [-0.1, -0.05) is 32.4 Å². The van der Waals surface area contributed by atoms with Crippen molar-refractivity contribution in [1.29, 1.82) is 0 Å². The number of benzene rings is 1. The fourth-order valence-corrected chi connectivity index (χ4v) is 2.41. The molecule has 2 rings (SSSR count). The molecular formula is C17H23ClN4O2. The number of aryl methyl sites for hydroxylation is 1. The van der Waals surface area contributed by atoms with Gasteiger partial charge in [0.05, 0.1) is 16.9 Å². The summed E-state index contributed by atoms with van der Waals surface area (Å²) in [6.45, 7) is 6.49. The molecule has 1 aromatic heterocycles. The van der Waals surface area contributed by atoms with E-state index in [1.807, 2.05) is 0 Å². The van der Waals surface area contributed by atoms with Crippen LogP contribution >= 0.6 is 11.6 Å². The molecule has 0 unspecified atom stereocenters. The van der Waals surface area contributed by atoms with E-state index in [9.17, 15) is 4.79 Å². The topological polar surface area (TPSA) is 96.2 Å². The van der Waals surface area contributed by atoms with Crippen molar-refractivity contribution in [2.75, 3.05) is 6.61 Å². The first-order valence-electron chi connectivity index (χ1n) is 7.61. The molecule has 0 saturated heterocycles. The van der Waals surface area contributed by atoms with Crippen LogP contribution in [-0.4, -0.2) is 28.3 Å². The number of nitrogens with zero attached hydrogens (tertiary/aromatic N) is 2. The van der Waals surface area contributed by atoms with Crippen LogP contribution in [0.5, 0.6) is 5.75 Å². The third kappa shape index (κ3) is 3.88. The first kappa shape index (κ1) is 18.3. The zero-order valence-electron chi connectivity index (χ0n) is 14.3. The highest BCUT2D eigenvalue weighted by atomic mass is 35.5. The molecule has 4 N–H and O–H groups in total. The second kappa shape index (κ2) is 6.83. The van der Waals surface area contributed by atoms with Crippen LogP contribution in [0.1, 0.15) is 31.1 Å². The number of carbonyl (C=O) groups excluding carboxylic acids is 1. The lowest BCUT2D eigenvalue weighted by atomic mass is 9.88. The third-order valence-electron chi connectivity index (χ3n) is 3.94. The minimum atomic E-state index is -0.521. The summed E-state index contributed by atoms with van der Waals surface area (Å²) < 4.78 is 7.54. The van der Waals surface area contributed by atoms with Gasteiger partial charge in [0.2, 0.25) is 5.91 Å². The van der Waals surface area contributed by atoms with Gasteiger partial charge in [-0.3, -0.25) is 9.48 Å². The molecule has 0 aliphatic rings. The van der Waals surface area contributed by atoms with Gasteiger partial charge in [-0.15, -0.1) is 0 Å². The van der Waals surface area contributed by atoms with E-state index in [1.54, 1.807) is 36.1 Å². The number of ether oxygens (including phenoxy) is 1. The fraction of sp³-hybridized carbons (Fsp3) is 0.412. The van der Waals surface area contributed by atoms with Crippen molar-refractivity contribution in [2.45, 2.75) is 26.8 Å². The Bertz CT molecular complexity index is 730. The molecule has 2 aromatic rings. The van der Waals surface area contributed by atoms with Gasteiger partial charge in [-0.25, -0.2) is 0 Å². The van der Waals surface area contributed by atoms with Crippen LogP contribution in [-0.2, 0) is 7.05 Å². The van der Waals surface area contributed by atoms with Crippen LogP contribution in [0.15, 0.2) is 24.4 Å². The van der Waals surface area contributed by atoms with Crippen LogP contribution in [0.25, 0.3) is 11.3 Å². The summed E-state index contributed by atoms with van der Waals surface area (Å²) in [5, 5.41) is 4.59. The normalized spacial score (nSPS) is 12.9. The first-order chi connectivity index (χ1) is 11.1. The lowest BCUT2D eigenvalue weighted by Gasteiger charge is -2.27. The molecule has 1 aromatic carbocycles. The van der Waals surface area contributed by atoms with Crippen LogP contribution < -0.4 is 16.2 Å². The molecule has 0 radical (unpaired) electrons. The molecule has 24 heavy (non-hydrogen) atoms. The predicted octanol–water partition coefficient (Wildman–Crippen LogP) is 2.59. The van der Waals surface area contributed by atoms with Crippen molar-refractivity contribution < 1.29 is 9.53 Å². The van der Waals surface area contributed by atoms with Gasteiger partial charge in [0, 0.05) is 24.2 Å². The number of carbonyl (C=O) groups is 1. The Hall–Kier alpha value is -2.05. The number of primary amides is 1. The summed E-state index contributed by atoms with van der Waals surface area (Å²) in [6.07, 6.45) is 1.54. The molecule has 0 fully saturated rings. The monoisotopic (exact) mass is 350 g/mol. The Morgan fingerprint density at radius 3 is 2.58 bits per heavy atom. The molecule has 1 atom stereocenters. The highest BCUT2D eigenvalue weighted by Gasteiger charge is 2.23. The van der Waals surface area contributed by atoms with Gasteiger partial charge >= 0.3 is 0 Å². The zero-order chi connectivity index (χ0) is 18.1. The Kier molecular flexibility index (Phi) is 5.20. The molecule has 0 bridgehead atoms. The summed E-state index contributed by atoms with van der Waals surface area (Å²) in [7, 11) is 1.77. The lowest BCUT2D eigenvalue weighted by molar-refractivity contribution is 0.100.